The number of thiazole rings is 1. The molecule has 164 valence electrons. The van der Waals surface area contributed by atoms with Gasteiger partial charge in [-0.05, 0) is 62.1 Å². The average molecular weight is 449 g/mol. The summed E-state index contributed by atoms with van der Waals surface area (Å²) in [5, 5.41) is 4.72. The number of benzene rings is 1. The zero-order valence-electron chi connectivity index (χ0n) is 17.8. The molecule has 2 aliphatic rings. The molecule has 0 spiro atoms. The first-order valence-corrected chi connectivity index (χ1v) is 11.9. The third-order valence-corrected chi connectivity index (χ3v) is 7.38. The predicted octanol–water partition coefficient (Wildman–Crippen LogP) is 4.86. The van der Waals surface area contributed by atoms with Gasteiger partial charge in [0.2, 0.25) is 5.91 Å². The molecule has 2 bridgehead atoms. The van der Waals surface area contributed by atoms with Crippen molar-refractivity contribution in [3.8, 4) is 10.9 Å². The van der Waals surface area contributed by atoms with E-state index in [2.05, 4.69) is 26.3 Å². The zero-order valence-corrected chi connectivity index (χ0v) is 18.6. The minimum atomic E-state index is 0.0697. The van der Waals surface area contributed by atoms with Crippen molar-refractivity contribution < 1.29 is 13.9 Å². The maximum atomic E-state index is 11.4. The van der Waals surface area contributed by atoms with Crippen LogP contribution in [-0.4, -0.2) is 38.9 Å². The van der Waals surface area contributed by atoms with Crippen LogP contribution < -0.4 is 10.1 Å². The van der Waals surface area contributed by atoms with Crippen LogP contribution in [0.2, 0.25) is 0 Å². The van der Waals surface area contributed by atoms with E-state index in [-0.39, 0.29) is 5.91 Å². The van der Waals surface area contributed by atoms with Crippen LogP contribution in [0, 0.1) is 0 Å². The number of pyridine rings is 1. The minimum Gasteiger partial charge on any atom is -0.460 e. The number of ether oxygens (including phenoxy) is 1. The van der Waals surface area contributed by atoms with Crippen molar-refractivity contribution in [1.29, 1.82) is 0 Å². The molecule has 32 heavy (non-hydrogen) atoms. The lowest BCUT2D eigenvalue weighted by Crippen LogP contribution is -2.49. The van der Waals surface area contributed by atoms with E-state index in [4.69, 9.17) is 9.15 Å². The normalized spacial score (nSPS) is 23.1. The first-order valence-electron chi connectivity index (χ1n) is 11.1. The van der Waals surface area contributed by atoms with Crippen LogP contribution in [0.25, 0.3) is 21.3 Å². The lowest BCUT2D eigenvalue weighted by atomic mass is 9.97. The Morgan fingerprint density at radius 3 is 2.88 bits per heavy atom. The summed E-state index contributed by atoms with van der Waals surface area (Å²) < 4.78 is 12.1. The molecule has 0 radical (unpaired) electrons. The lowest BCUT2D eigenvalue weighted by molar-refractivity contribution is -0.120. The molecule has 0 unspecified atom stereocenters. The van der Waals surface area contributed by atoms with Gasteiger partial charge < -0.3 is 14.5 Å². The van der Waals surface area contributed by atoms with E-state index in [1.165, 1.54) is 24.2 Å². The van der Waals surface area contributed by atoms with Crippen LogP contribution >= 0.6 is 11.3 Å². The highest BCUT2D eigenvalue weighted by Crippen LogP contribution is 2.38. The topological polar surface area (TPSA) is 80.5 Å². The number of nitrogens with one attached hydrogen (secondary N) is 1. The summed E-state index contributed by atoms with van der Waals surface area (Å²) in [6.45, 7) is 2.41. The van der Waals surface area contributed by atoms with Gasteiger partial charge in [-0.1, -0.05) is 11.3 Å². The molecular formula is C24H24N4O3S. The molecule has 4 aromatic rings. The second kappa shape index (κ2) is 7.86. The maximum Gasteiger partial charge on any atom is 0.281 e. The number of hydrogen-bond acceptors (Lipinski definition) is 7. The van der Waals surface area contributed by atoms with Crippen molar-refractivity contribution in [1.82, 2.24) is 20.2 Å². The Kier molecular flexibility index (Phi) is 4.84. The number of carbonyl (C=O) groups is 1. The first kappa shape index (κ1) is 19.7. The molecule has 2 saturated heterocycles. The lowest BCUT2D eigenvalue weighted by Gasteiger charge is -2.38. The minimum absolute atomic E-state index is 0.0697. The van der Waals surface area contributed by atoms with Crippen molar-refractivity contribution in [3.05, 3.63) is 48.4 Å². The molecule has 2 aliphatic heterocycles. The van der Waals surface area contributed by atoms with Gasteiger partial charge in [-0.15, -0.1) is 0 Å². The molecule has 8 heteroatoms. The molecule has 1 aromatic carbocycles. The summed E-state index contributed by atoms with van der Waals surface area (Å²) in [5.41, 5.74) is 1.70. The van der Waals surface area contributed by atoms with Crippen LogP contribution in [0.3, 0.4) is 0 Å². The summed E-state index contributed by atoms with van der Waals surface area (Å²) in [5.74, 6) is 1.77. The van der Waals surface area contributed by atoms with Crippen LogP contribution in [0.5, 0.6) is 10.9 Å². The number of carbonyl (C=O) groups excluding carboxylic acids is 1. The second-order valence-electron chi connectivity index (χ2n) is 8.75. The standard InChI is InChI=1S/C24H24N4O3S/c1-14(29)26-16-11-17-4-5-18(12-16)28(17)13-20-10-15-9-19(6-7-22(15)30-20)31-24-27-21-3-2-8-25-23(21)32-24/h2-3,6-10,16-18H,4-5,11-13H2,1H3,(H,26,29)/t16-,17+,18-. The maximum absolute atomic E-state index is 11.4. The molecule has 1 amide bonds. The van der Waals surface area contributed by atoms with Crippen molar-refractivity contribution in [2.75, 3.05) is 0 Å². The second-order valence-corrected chi connectivity index (χ2v) is 9.69. The van der Waals surface area contributed by atoms with E-state index in [1.807, 2.05) is 30.3 Å². The number of furan rings is 1. The Hall–Kier alpha value is -2.97. The van der Waals surface area contributed by atoms with Crippen LogP contribution in [-0.2, 0) is 11.3 Å². The van der Waals surface area contributed by atoms with E-state index in [1.54, 1.807) is 13.1 Å². The third kappa shape index (κ3) is 3.73. The fraction of sp³-hybridized carbons (Fsp3) is 0.375. The van der Waals surface area contributed by atoms with Gasteiger partial charge in [-0.25, -0.2) is 9.97 Å². The smallest absolute Gasteiger partial charge is 0.281 e. The Balaban J connectivity index is 1.17. The zero-order chi connectivity index (χ0) is 21.7. The quantitative estimate of drug-likeness (QED) is 0.470. The van der Waals surface area contributed by atoms with Gasteiger partial charge in [-0.3, -0.25) is 9.69 Å². The summed E-state index contributed by atoms with van der Waals surface area (Å²) in [6.07, 6.45) is 6.18. The van der Waals surface area contributed by atoms with E-state index in [0.29, 0.717) is 23.3 Å². The molecule has 0 aliphatic carbocycles. The fourth-order valence-electron chi connectivity index (χ4n) is 5.23. The molecule has 3 atom stereocenters. The number of fused-ring (bicyclic) bond motifs is 4. The van der Waals surface area contributed by atoms with Gasteiger partial charge in [0.05, 0.1) is 6.54 Å². The SMILES string of the molecule is CC(=O)N[C@H]1C[C@H]2CC[C@@H](C1)N2Cc1cc2cc(Oc3nc4cccnc4s3)ccc2o1. The Labute approximate surface area is 189 Å². The Morgan fingerprint density at radius 1 is 1.25 bits per heavy atom. The molecule has 2 fully saturated rings. The molecule has 5 heterocycles. The summed E-state index contributed by atoms with van der Waals surface area (Å²) >= 11 is 1.44. The van der Waals surface area contributed by atoms with Crippen molar-refractivity contribution in [2.45, 2.75) is 57.3 Å². The largest absolute Gasteiger partial charge is 0.460 e. The number of nitrogens with zero attached hydrogens (tertiary/aromatic N) is 3. The Bertz CT molecular complexity index is 1250. The van der Waals surface area contributed by atoms with E-state index in [9.17, 15) is 4.79 Å². The first-order chi connectivity index (χ1) is 15.6. The molecule has 0 saturated carbocycles. The van der Waals surface area contributed by atoms with Gasteiger partial charge in [-0.2, -0.15) is 0 Å². The Morgan fingerprint density at radius 2 is 2.09 bits per heavy atom. The molecule has 1 N–H and O–H groups in total. The van der Waals surface area contributed by atoms with E-state index >= 15 is 0 Å². The van der Waals surface area contributed by atoms with Crippen molar-refractivity contribution in [3.63, 3.8) is 0 Å². The number of hydrogen-bond donors (Lipinski definition) is 1. The summed E-state index contributed by atoms with van der Waals surface area (Å²) in [6, 6.07) is 13.1. The highest BCUT2D eigenvalue weighted by atomic mass is 32.1. The number of rotatable bonds is 5. The number of piperidine rings is 1. The van der Waals surface area contributed by atoms with Crippen molar-refractivity contribution >= 4 is 38.6 Å². The molecule has 6 rings (SSSR count). The van der Waals surface area contributed by atoms with Gasteiger partial charge in [0.15, 0.2) is 0 Å². The van der Waals surface area contributed by atoms with Crippen molar-refractivity contribution in [2.24, 2.45) is 0 Å². The van der Waals surface area contributed by atoms with Crippen LogP contribution in [0.4, 0.5) is 0 Å². The highest BCUT2D eigenvalue weighted by Gasteiger charge is 2.41. The van der Waals surface area contributed by atoms with Gasteiger partial charge >= 0.3 is 0 Å². The van der Waals surface area contributed by atoms with Crippen LogP contribution in [0.15, 0.2) is 47.0 Å². The molecular weight excluding hydrogens is 424 g/mol. The summed E-state index contributed by atoms with van der Waals surface area (Å²) in [7, 11) is 0. The number of aromatic nitrogens is 2. The third-order valence-electron chi connectivity index (χ3n) is 6.52. The van der Waals surface area contributed by atoms with Gasteiger partial charge in [0, 0.05) is 36.6 Å². The number of amides is 1. The average Bonchev–Trinajstić information content (AvgIpc) is 3.41. The van der Waals surface area contributed by atoms with E-state index < -0.39 is 0 Å². The van der Waals surface area contributed by atoms with Crippen LogP contribution in [0.1, 0.15) is 38.4 Å². The predicted molar refractivity (Wildman–Crippen MR) is 123 cm³/mol. The van der Waals surface area contributed by atoms with E-state index in [0.717, 1.165) is 52.2 Å². The fourth-order valence-corrected chi connectivity index (χ4v) is 6.01. The van der Waals surface area contributed by atoms with Gasteiger partial charge in [0.25, 0.3) is 5.19 Å². The molecule has 7 nitrogen and oxygen atoms in total. The monoisotopic (exact) mass is 448 g/mol. The summed E-state index contributed by atoms with van der Waals surface area (Å²) in [4.78, 5) is 23.7. The van der Waals surface area contributed by atoms with Gasteiger partial charge in [0.1, 0.15) is 27.4 Å². The highest BCUT2D eigenvalue weighted by molar-refractivity contribution is 7.19. The molecule has 3 aromatic heterocycles.